The molecule has 1 atom stereocenters. The fourth-order valence-electron chi connectivity index (χ4n) is 1.89. The fourth-order valence-corrected chi connectivity index (χ4v) is 2.52. The van der Waals surface area contributed by atoms with E-state index in [0.717, 1.165) is 6.26 Å². The lowest BCUT2D eigenvalue weighted by Gasteiger charge is -2.21. The molecule has 0 aliphatic rings. The van der Waals surface area contributed by atoms with Crippen molar-refractivity contribution >= 4 is 16.1 Å². The molecule has 22 heavy (non-hydrogen) atoms. The van der Waals surface area contributed by atoms with Crippen LogP contribution in [0.25, 0.3) is 0 Å². The van der Waals surface area contributed by atoms with Crippen LogP contribution in [0.2, 0.25) is 0 Å². The molecule has 1 aromatic carbocycles. The Labute approximate surface area is 129 Å². The van der Waals surface area contributed by atoms with Gasteiger partial charge in [0.15, 0.2) is 0 Å². The molecular formula is C14H20FNO5S. The summed E-state index contributed by atoms with van der Waals surface area (Å²) in [5.74, 6) is -1.31. The monoisotopic (exact) mass is 333 g/mol. The first-order valence-corrected chi connectivity index (χ1v) is 8.53. The van der Waals surface area contributed by atoms with Gasteiger partial charge in [0.1, 0.15) is 11.9 Å². The van der Waals surface area contributed by atoms with Gasteiger partial charge in [0.2, 0.25) is 0 Å². The molecule has 1 rings (SSSR count). The highest BCUT2D eigenvalue weighted by Crippen LogP contribution is 2.23. The number of nitrogens with zero attached hydrogens (tertiary/aromatic N) is 1. The predicted molar refractivity (Wildman–Crippen MR) is 79.4 cm³/mol. The molecule has 6 nitrogen and oxygen atoms in total. The van der Waals surface area contributed by atoms with Crippen LogP contribution < -0.4 is 0 Å². The summed E-state index contributed by atoms with van der Waals surface area (Å²) in [6.45, 7) is 0.801. The lowest BCUT2D eigenvalue weighted by Crippen LogP contribution is -2.25. The standard InChI is InChI=1S/C14H20FNO5S/c1-16(10-8-14(17)18)9-7-13(21-22(2,19)20)11-3-5-12(15)6-4-11/h3-6,13H,7-10H2,1-2H3,(H,17,18). The lowest BCUT2D eigenvalue weighted by molar-refractivity contribution is -0.137. The molecule has 0 heterocycles. The average Bonchev–Trinajstić information content (AvgIpc) is 2.41. The first-order valence-electron chi connectivity index (χ1n) is 6.71. The zero-order chi connectivity index (χ0) is 16.8. The summed E-state index contributed by atoms with van der Waals surface area (Å²) in [6.07, 6.45) is 0.569. The van der Waals surface area contributed by atoms with E-state index in [-0.39, 0.29) is 6.42 Å². The van der Waals surface area contributed by atoms with Gasteiger partial charge in [-0.25, -0.2) is 4.39 Å². The zero-order valence-corrected chi connectivity index (χ0v) is 13.3. The molecule has 0 fully saturated rings. The quantitative estimate of drug-likeness (QED) is 0.692. The smallest absolute Gasteiger partial charge is 0.304 e. The Morgan fingerprint density at radius 2 is 1.91 bits per heavy atom. The Balaban J connectivity index is 2.70. The second-order valence-corrected chi connectivity index (χ2v) is 6.68. The van der Waals surface area contributed by atoms with Gasteiger partial charge in [0.25, 0.3) is 10.1 Å². The summed E-state index contributed by atoms with van der Waals surface area (Å²) in [7, 11) is -1.92. The Morgan fingerprint density at radius 1 is 1.32 bits per heavy atom. The highest BCUT2D eigenvalue weighted by molar-refractivity contribution is 7.86. The van der Waals surface area contributed by atoms with E-state index < -0.39 is 28.0 Å². The summed E-state index contributed by atoms with van der Waals surface area (Å²) in [5, 5.41) is 8.63. The van der Waals surface area contributed by atoms with Crippen LogP contribution in [-0.4, -0.2) is 50.8 Å². The number of carbonyl (C=O) groups is 1. The van der Waals surface area contributed by atoms with Crippen molar-refractivity contribution in [2.24, 2.45) is 0 Å². The second-order valence-electron chi connectivity index (χ2n) is 5.08. The third-order valence-electron chi connectivity index (χ3n) is 3.01. The van der Waals surface area contributed by atoms with Crippen molar-refractivity contribution in [1.82, 2.24) is 4.90 Å². The van der Waals surface area contributed by atoms with E-state index in [9.17, 15) is 17.6 Å². The van der Waals surface area contributed by atoms with Crippen molar-refractivity contribution < 1.29 is 26.9 Å². The van der Waals surface area contributed by atoms with Crippen LogP contribution in [0.1, 0.15) is 24.5 Å². The maximum absolute atomic E-state index is 13.0. The van der Waals surface area contributed by atoms with Gasteiger partial charge in [-0.3, -0.25) is 8.98 Å². The molecule has 1 unspecified atom stereocenters. The first-order chi connectivity index (χ1) is 10.2. The molecule has 0 aliphatic heterocycles. The second kappa shape index (κ2) is 8.21. The van der Waals surface area contributed by atoms with Crippen LogP contribution in [0.3, 0.4) is 0 Å². The molecule has 0 amide bonds. The third-order valence-corrected chi connectivity index (χ3v) is 3.60. The van der Waals surface area contributed by atoms with E-state index in [1.165, 1.54) is 24.3 Å². The van der Waals surface area contributed by atoms with Gasteiger partial charge in [-0.15, -0.1) is 0 Å². The van der Waals surface area contributed by atoms with Crippen molar-refractivity contribution in [3.05, 3.63) is 35.6 Å². The Morgan fingerprint density at radius 3 is 2.41 bits per heavy atom. The average molecular weight is 333 g/mol. The summed E-state index contributed by atoms with van der Waals surface area (Å²) in [6, 6.07) is 5.43. The largest absolute Gasteiger partial charge is 0.481 e. The molecule has 0 bridgehead atoms. The minimum absolute atomic E-state index is 0.00461. The minimum atomic E-state index is -3.66. The molecule has 8 heteroatoms. The van der Waals surface area contributed by atoms with Gasteiger partial charge in [-0.2, -0.15) is 8.42 Å². The van der Waals surface area contributed by atoms with Crippen LogP contribution in [0.15, 0.2) is 24.3 Å². The number of benzene rings is 1. The van der Waals surface area contributed by atoms with Gasteiger partial charge in [-0.05, 0) is 31.2 Å². The van der Waals surface area contributed by atoms with Crippen molar-refractivity contribution in [2.75, 3.05) is 26.4 Å². The molecule has 0 aliphatic carbocycles. The SMILES string of the molecule is CN(CCC(=O)O)CCC(OS(C)(=O)=O)c1ccc(F)cc1. The van der Waals surface area contributed by atoms with Crippen LogP contribution in [0.4, 0.5) is 4.39 Å². The van der Waals surface area contributed by atoms with Gasteiger partial charge in [0, 0.05) is 13.1 Å². The Kier molecular flexibility index (Phi) is 6.92. The molecule has 0 aromatic heterocycles. The predicted octanol–water partition coefficient (Wildman–Crippen LogP) is 1.64. The fraction of sp³-hybridized carbons (Fsp3) is 0.500. The number of halogens is 1. The lowest BCUT2D eigenvalue weighted by atomic mass is 10.1. The summed E-state index contributed by atoms with van der Waals surface area (Å²) in [5.41, 5.74) is 0.554. The molecule has 1 N–H and O–H groups in total. The highest BCUT2D eigenvalue weighted by atomic mass is 32.2. The van der Waals surface area contributed by atoms with Crippen molar-refractivity contribution in [3.63, 3.8) is 0 Å². The maximum Gasteiger partial charge on any atom is 0.304 e. The van der Waals surface area contributed by atoms with E-state index in [0.29, 0.717) is 25.1 Å². The number of rotatable bonds is 9. The summed E-state index contributed by atoms with van der Waals surface area (Å²) >= 11 is 0. The Bertz CT molecular complexity index is 588. The van der Waals surface area contributed by atoms with E-state index >= 15 is 0 Å². The molecule has 124 valence electrons. The van der Waals surface area contributed by atoms with Crippen LogP contribution in [0, 0.1) is 5.82 Å². The van der Waals surface area contributed by atoms with Crippen LogP contribution >= 0.6 is 0 Å². The van der Waals surface area contributed by atoms with Gasteiger partial charge < -0.3 is 10.0 Å². The number of aliphatic carboxylic acids is 1. The molecule has 0 radical (unpaired) electrons. The molecule has 0 saturated carbocycles. The molecule has 0 saturated heterocycles. The van der Waals surface area contributed by atoms with Crippen molar-refractivity contribution in [1.29, 1.82) is 0 Å². The highest BCUT2D eigenvalue weighted by Gasteiger charge is 2.18. The van der Waals surface area contributed by atoms with Crippen LogP contribution in [-0.2, 0) is 19.1 Å². The number of carboxylic acid groups (broad SMARTS) is 1. The first kappa shape index (κ1) is 18.5. The summed E-state index contributed by atoms with van der Waals surface area (Å²) in [4.78, 5) is 12.3. The van der Waals surface area contributed by atoms with E-state index in [4.69, 9.17) is 9.29 Å². The zero-order valence-electron chi connectivity index (χ0n) is 12.5. The third kappa shape index (κ3) is 7.48. The molecule has 1 aromatic rings. The van der Waals surface area contributed by atoms with Gasteiger partial charge in [0.05, 0.1) is 12.7 Å². The van der Waals surface area contributed by atoms with Gasteiger partial charge in [-0.1, -0.05) is 12.1 Å². The minimum Gasteiger partial charge on any atom is -0.481 e. The van der Waals surface area contributed by atoms with Crippen LogP contribution in [0.5, 0.6) is 0 Å². The van der Waals surface area contributed by atoms with Gasteiger partial charge >= 0.3 is 5.97 Å². The van der Waals surface area contributed by atoms with E-state index in [1.54, 1.807) is 11.9 Å². The van der Waals surface area contributed by atoms with E-state index in [2.05, 4.69) is 0 Å². The Hall–Kier alpha value is -1.51. The number of hydrogen-bond donors (Lipinski definition) is 1. The van der Waals surface area contributed by atoms with Crippen molar-refractivity contribution in [3.8, 4) is 0 Å². The number of carboxylic acids is 1. The molecular weight excluding hydrogens is 313 g/mol. The maximum atomic E-state index is 13.0. The topological polar surface area (TPSA) is 83.9 Å². The van der Waals surface area contributed by atoms with E-state index in [1.807, 2.05) is 0 Å². The number of hydrogen-bond acceptors (Lipinski definition) is 5. The van der Waals surface area contributed by atoms with Crippen molar-refractivity contribution in [2.45, 2.75) is 18.9 Å². The summed E-state index contributed by atoms with van der Waals surface area (Å²) < 4.78 is 40.7. The normalized spacial score (nSPS) is 13.3. The molecule has 0 spiro atoms.